The van der Waals surface area contributed by atoms with Gasteiger partial charge in [0.1, 0.15) is 12.4 Å². The van der Waals surface area contributed by atoms with Crippen molar-refractivity contribution in [2.24, 2.45) is 5.92 Å². The number of carbonyl (C=O) groups is 2. The largest absolute Gasteiger partial charge is 0.356 e. The maximum absolute atomic E-state index is 13.4. The van der Waals surface area contributed by atoms with E-state index >= 15 is 0 Å². The van der Waals surface area contributed by atoms with Crippen LogP contribution in [0.2, 0.25) is 0 Å². The average molecular weight is 389 g/mol. The minimum Gasteiger partial charge on any atom is -0.356 e. The van der Waals surface area contributed by atoms with E-state index in [4.69, 9.17) is 4.74 Å². The number of ether oxygens (including phenoxy) is 1. The molecule has 1 aliphatic carbocycles. The summed E-state index contributed by atoms with van der Waals surface area (Å²) in [7, 11) is 1.68. The van der Waals surface area contributed by atoms with Gasteiger partial charge in [0.2, 0.25) is 5.91 Å². The van der Waals surface area contributed by atoms with E-state index in [1.807, 2.05) is 4.90 Å². The molecular weight excluding hydrogens is 361 g/mol. The van der Waals surface area contributed by atoms with Gasteiger partial charge in [-0.25, -0.2) is 4.39 Å². The van der Waals surface area contributed by atoms with E-state index in [1.165, 1.54) is 25.0 Å². The summed E-state index contributed by atoms with van der Waals surface area (Å²) in [5.74, 6) is 0.235. The van der Waals surface area contributed by atoms with Gasteiger partial charge in [-0.15, -0.1) is 0 Å². The Kier molecular flexibility index (Phi) is 5.64. The summed E-state index contributed by atoms with van der Waals surface area (Å²) in [5.41, 5.74) is 0.709. The zero-order valence-electron chi connectivity index (χ0n) is 16.3. The lowest BCUT2D eigenvalue weighted by Crippen LogP contribution is -2.54. The lowest BCUT2D eigenvalue weighted by molar-refractivity contribution is -0.167. The molecule has 152 valence electrons. The molecule has 1 aromatic carbocycles. The molecule has 3 aliphatic rings. The standard InChI is InChI=1S/C21H28FN3O3/c1-23-18(26)14-28-20(19(23)16-5-7-17(22)8-6-16)21(27)25-10-2-9-24(11-12-25)13-15-3-4-15/h5-8,15,19-20H,2-4,9-14H2,1H3. The van der Waals surface area contributed by atoms with E-state index in [0.717, 1.165) is 32.0 Å². The Morgan fingerprint density at radius 2 is 1.89 bits per heavy atom. The molecule has 2 unspecified atom stereocenters. The molecule has 0 spiro atoms. The van der Waals surface area contributed by atoms with Gasteiger partial charge in [-0.3, -0.25) is 9.59 Å². The highest BCUT2D eigenvalue weighted by molar-refractivity contribution is 5.86. The van der Waals surface area contributed by atoms with Gasteiger partial charge in [-0.05, 0) is 49.4 Å². The third-order valence-corrected chi connectivity index (χ3v) is 6.05. The van der Waals surface area contributed by atoms with Gasteiger partial charge < -0.3 is 19.4 Å². The number of hydrogen-bond donors (Lipinski definition) is 0. The first-order valence-corrected chi connectivity index (χ1v) is 10.2. The molecule has 28 heavy (non-hydrogen) atoms. The molecule has 3 fully saturated rings. The second kappa shape index (κ2) is 8.17. The second-order valence-electron chi connectivity index (χ2n) is 8.16. The maximum Gasteiger partial charge on any atom is 0.254 e. The van der Waals surface area contributed by atoms with Gasteiger partial charge in [0.05, 0.1) is 6.04 Å². The number of halogens is 1. The summed E-state index contributed by atoms with van der Waals surface area (Å²) in [6.07, 6.45) is 2.84. The molecule has 0 bridgehead atoms. The highest BCUT2D eigenvalue weighted by Crippen LogP contribution is 2.32. The Morgan fingerprint density at radius 1 is 1.14 bits per heavy atom. The first-order valence-electron chi connectivity index (χ1n) is 10.2. The minimum atomic E-state index is -0.761. The van der Waals surface area contributed by atoms with Crippen molar-refractivity contribution in [1.82, 2.24) is 14.7 Å². The van der Waals surface area contributed by atoms with Crippen molar-refractivity contribution in [2.45, 2.75) is 31.4 Å². The van der Waals surface area contributed by atoms with E-state index in [1.54, 1.807) is 24.1 Å². The van der Waals surface area contributed by atoms with Crippen LogP contribution in [-0.4, -0.2) is 79.0 Å². The Labute approximate surface area is 165 Å². The fourth-order valence-corrected chi connectivity index (χ4v) is 4.20. The first-order chi connectivity index (χ1) is 13.5. The molecule has 7 heteroatoms. The fourth-order valence-electron chi connectivity index (χ4n) is 4.20. The molecule has 2 saturated heterocycles. The molecule has 2 atom stereocenters. The monoisotopic (exact) mass is 389 g/mol. The molecule has 2 amide bonds. The number of morpholine rings is 1. The fraction of sp³-hybridized carbons (Fsp3) is 0.619. The Morgan fingerprint density at radius 3 is 2.61 bits per heavy atom. The molecular formula is C21H28FN3O3. The van der Waals surface area contributed by atoms with Crippen LogP contribution >= 0.6 is 0 Å². The molecule has 4 rings (SSSR count). The first kappa shape index (κ1) is 19.3. The number of rotatable bonds is 4. The second-order valence-corrected chi connectivity index (χ2v) is 8.16. The van der Waals surface area contributed by atoms with Crippen LogP contribution in [0.25, 0.3) is 0 Å². The smallest absolute Gasteiger partial charge is 0.254 e. The van der Waals surface area contributed by atoms with Crippen LogP contribution in [0.4, 0.5) is 4.39 Å². The van der Waals surface area contributed by atoms with E-state index in [0.29, 0.717) is 18.7 Å². The number of hydrogen-bond acceptors (Lipinski definition) is 4. The lowest BCUT2D eigenvalue weighted by Gasteiger charge is -2.40. The van der Waals surface area contributed by atoms with Crippen molar-refractivity contribution in [3.05, 3.63) is 35.6 Å². The summed E-state index contributed by atoms with van der Waals surface area (Å²) >= 11 is 0. The normalized spacial score (nSPS) is 27.0. The Balaban J connectivity index is 1.49. The van der Waals surface area contributed by atoms with E-state index in [-0.39, 0.29) is 24.2 Å². The van der Waals surface area contributed by atoms with Crippen molar-refractivity contribution in [3.63, 3.8) is 0 Å². The molecule has 0 radical (unpaired) electrons. The Hall–Kier alpha value is -1.99. The van der Waals surface area contributed by atoms with Crippen molar-refractivity contribution in [2.75, 3.05) is 46.4 Å². The lowest BCUT2D eigenvalue weighted by atomic mass is 9.97. The van der Waals surface area contributed by atoms with Crippen LogP contribution < -0.4 is 0 Å². The van der Waals surface area contributed by atoms with Crippen molar-refractivity contribution in [3.8, 4) is 0 Å². The maximum atomic E-state index is 13.4. The van der Waals surface area contributed by atoms with Gasteiger partial charge in [0, 0.05) is 33.2 Å². The van der Waals surface area contributed by atoms with Gasteiger partial charge in [0.15, 0.2) is 6.10 Å². The van der Waals surface area contributed by atoms with E-state index in [2.05, 4.69) is 4.90 Å². The molecule has 1 saturated carbocycles. The SMILES string of the molecule is CN1C(=O)COC(C(=O)N2CCCN(CC3CC3)CC2)C1c1ccc(F)cc1. The number of carbonyl (C=O) groups excluding carboxylic acids is 2. The number of nitrogens with zero attached hydrogens (tertiary/aromatic N) is 3. The van der Waals surface area contributed by atoms with Crippen LogP contribution in [0.5, 0.6) is 0 Å². The van der Waals surface area contributed by atoms with Crippen molar-refractivity contribution < 1.29 is 18.7 Å². The molecule has 2 heterocycles. The molecule has 0 N–H and O–H groups in total. The summed E-state index contributed by atoms with van der Waals surface area (Å²) < 4.78 is 19.1. The van der Waals surface area contributed by atoms with Crippen molar-refractivity contribution >= 4 is 11.8 Å². The number of amides is 2. The quantitative estimate of drug-likeness (QED) is 0.786. The van der Waals surface area contributed by atoms with Crippen LogP contribution in [0.1, 0.15) is 30.9 Å². The molecule has 0 aromatic heterocycles. The zero-order valence-corrected chi connectivity index (χ0v) is 16.3. The van der Waals surface area contributed by atoms with Crippen LogP contribution in [0.3, 0.4) is 0 Å². The molecule has 2 aliphatic heterocycles. The molecule has 1 aromatic rings. The van der Waals surface area contributed by atoms with Crippen LogP contribution in [-0.2, 0) is 14.3 Å². The minimum absolute atomic E-state index is 0.0815. The Bertz CT molecular complexity index is 722. The topological polar surface area (TPSA) is 53.1 Å². The zero-order chi connectivity index (χ0) is 19.7. The predicted octanol–water partition coefficient (Wildman–Crippen LogP) is 1.67. The van der Waals surface area contributed by atoms with Gasteiger partial charge in [-0.2, -0.15) is 0 Å². The highest BCUT2D eigenvalue weighted by Gasteiger charge is 2.42. The predicted molar refractivity (Wildman–Crippen MR) is 102 cm³/mol. The number of likely N-dealkylation sites (N-methyl/N-ethyl adjacent to an activating group) is 1. The van der Waals surface area contributed by atoms with Gasteiger partial charge in [-0.1, -0.05) is 12.1 Å². The average Bonchev–Trinajstić information content (AvgIpc) is 3.52. The number of benzene rings is 1. The summed E-state index contributed by atoms with van der Waals surface area (Å²) in [6.45, 7) is 4.31. The summed E-state index contributed by atoms with van der Waals surface area (Å²) in [5, 5.41) is 0. The van der Waals surface area contributed by atoms with Crippen LogP contribution in [0, 0.1) is 11.7 Å². The van der Waals surface area contributed by atoms with Gasteiger partial charge in [0.25, 0.3) is 5.91 Å². The van der Waals surface area contributed by atoms with E-state index < -0.39 is 12.1 Å². The molecule has 6 nitrogen and oxygen atoms in total. The van der Waals surface area contributed by atoms with Crippen molar-refractivity contribution in [1.29, 1.82) is 0 Å². The van der Waals surface area contributed by atoms with E-state index in [9.17, 15) is 14.0 Å². The summed E-state index contributed by atoms with van der Waals surface area (Å²) in [6, 6.07) is 5.41. The highest BCUT2D eigenvalue weighted by atomic mass is 19.1. The third-order valence-electron chi connectivity index (χ3n) is 6.05. The third kappa shape index (κ3) is 4.20. The van der Waals surface area contributed by atoms with Gasteiger partial charge >= 0.3 is 0 Å². The van der Waals surface area contributed by atoms with Crippen LogP contribution in [0.15, 0.2) is 24.3 Å². The summed E-state index contributed by atoms with van der Waals surface area (Å²) in [4.78, 5) is 31.4.